The van der Waals surface area contributed by atoms with Crippen LogP contribution in [-0.4, -0.2) is 52.0 Å². The minimum Gasteiger partial charge on any atom is -0.381 e. The second kappa shape index (κ2) is 11.4. The fraction of sp³-hybridized carbons (Fsp3) is 0.706. The molecule has 2 N–H and O–H groups in total. The summed E-state index contributed by atoms with van der Waals surface area (Å²) in [5, 5.41) is 8.78. The fourth-order valence-electron chi connectivity index (χ4n) is 2.42. The van der Waals surface area contributed by atoms with E-state index in [1.54, 1.807) is 11.3 Å². The minimum absolute atomic E-state index is 0.592. The topological polar surface area (TPSA) is 54.9 Å². The maximum atomic E-state index is 5.70. The van der Waals surface area contributed by atoms with Gasteiger partial charge in [0.05, 0.1) is 13.2 Å². The Bertz CT molecular complexity index is 431. The van der Waals surface area contributed by atoms with Crippen molar-refractivity contribution in [3.63, 3.8) is 0 Å². The first-order valence-corrected chi connectivity index (χ1v) is 9.46. The van der Waals surface area contributed by atoms with E-state index in [1.165, 1.54) is 4.88 Å². The smallest absolute Gasteiger partial charge is 0.191 e. The highest BCUT2D eigenvalue weighted by molar-refractivity contribution is 7.09. The average molecular weight is 340 g/mol. The Morgan fingerprint density at radius 3 is 3.17 bits per heavy atom. The van der Waals surface area contributed by atoms with Crippen molar-refractivity contribution in [3.05, 3.63) is 22.4 Å². The summed E-state index contributed by atoms with van der Waals surface area (Å²) in [6.45, 7) is 8.00. The van der Waals surface area contributed by atoms with Gasteiger partial charge in [-0.1, -0.05) is 6.07 Å². The van der Waals surface area contributed by atoms with E-state index in [0.29, 0.717) is 5.92 Å². The lowest BCUT2D eigenvalue weighted by Gasteiger charge is -2.11. The highest BCUT2D eigenvalue weighted by Gasteiger charge is 2.15. The Labute approximate surface area is 143 Å². The predicted octanol–water partition coefficient (Wildman–Crippen LogP) is 2.29. The molecule has 0 amide bonds. The van der Waals surface area contributed by atoms with Gasteiger partial charge in [0, 0.05) is 43.6 Å². The quantitative estimate of drug-likeness (QED) is 0.390. The highest BCUT2D eigenvalue weighted by atomic mass is 32.1. The lowest BCUT2D eigenvalue weighted by Crippen LogP contribution is -2.38. The number of ether oxygens (including phenoxy) is 2. The lowest BCUT2D eigenvalue weighted by atomic mass is 10.1. The molecule has 1 unspecified atom stereocenters. The summed E-state index contributed by atoms with van der Waals surface area (Å²) >= 11 is 1.80. The molecule has 0 aliphatic carbocycles. The molecular weight excluding hydrogens is 310 g/mol. The van der Waals surface area contributed by atoms with E-state index < -0.39 is 0 Å². The monoisotopic (exact) mass is 339 g/mol. The van der Waals surface area contributed by atoms with Crippen molar-refractivity contribution in [2.45, 2.75) is 26.2 Å². The van der Waals surface area contributed by atoms with E-state index in [-0.39, 0.29) is 0 Å². The first kappa shape index (κ1) is 18.2. The van der Waals surface area contributed by atoms with Gasteiger partial charge < -0.3 is 20.1 Å². The van der Waals surface area contributed by atoms with Crippen LogP contribution < -0.4 is 10.6 Å². The standard InChI is InChI=1S/C17H29N3O2S/c1-2-18-17(20-9-6-16-5-3-12-23-16)19-8-4-10-21-13-15-7-11-22-14-15/h3,5,12,15H,2,4,6-11,13-14H2,1H3,(H2,18,19,20). The molecule has 1 aliphatic heterocycles. The van der Waals surface area contributed by atoms with Gasteiger partial charge in [0.25, 0.3) is 0 Å². The average Bonchev–Trinajstić information content (AvgIpc) is 3.24. The zero-order valence-corrected chi connectivity index (χ0v) is 14.9. The van der Waals surface area contributed by atoms with Crippen molar-refractivity contribution < 1.29 is 9.47 Å². The van der Waals surface area contributed by atoms with Gasteiger partial charge in [0.2, 0.25) is 0 Å². The molecule has 2 heterocycles. The van der Waals surface area contributed by atoms with Crippen molar-refractivity contribution >= 4 is 17.3 Å². The second-order valence-electron chi connectivity index (χ2n) is 5.67. The molecule has 0 radical (unpaired) electrons. The third-order valence-electron chi connectivity index (χ3n) is 3.68. The van der Waals surface area contributed by atoms with Crippen molar-refractivity contribution in [2.24, 2.45) is 10.9 Å². The number of nitrogens with one attached hydrogen (secondary N) is 2. The van der Waals surface area contributed by atoms with Crippen LogP contribution in [0.2, 0.25) is 0 Å². The van der Waals surface area contributed by atoms with Gasteiger partial charge >= 0.3 is 0 Å². The normalized spacial score (nSPS) is 18.3. The molecule has 2 rings (SSSR count). The van der Waals surface area contributed by atoms with Gasteiger partial charge in [0.15, 0.2) is 5.96 Å². The molecule has 130 valence electrons. The maximum Gasteiger partial charge on any atom is 0.191 e. The number of aliphatic imine (C=N–C) groups is 1. The summed E-state index contributed by atoms with van der Waals surface area (Å²) in [7, 11) is 0. The number of rotatable bonds is 10. The SMILES string of the molecule is CCNC(=NCCCOCC1CCOC1)NCCc1cccs1. The zero-order chi connectivity index (χ0) is 16.2. The number of hydrogen-bond acceptors (Lipinski definition) is 4. The van der Waals surface area contributed by atoms with Crippen LogP contribution in [0.5, 0.6) is 0 Å². The van der Waals surface area contributed by atoms with Gasteiger partial charge in [-0.2, -0.15) is 0 Å². The molecule has 1 aliphatic rings. The lowest BCUT2D eigenvalue weighted by molar-refractivity contribution is 0.0893. The Balaban J connectivity index is 1.54. The number of guanidine groups is 1. The minimum atomic E-state index is 0.592. The van der Waals surface area contributed by atoms with E-state index in [2.05, 4.69) is 40.1 Å². The summed E-state index contributed by atoms with van der Waals surface area (Å²) in [4.78, 5) is 6.00. The molecule has 0 spiro atoms. The Kier molecular flexibility index (Phi) is 9.06. The van der Waals surface area contributed by atoms with Crippen LogP contribution in [0.3, 0.4) is 0 Å². The molecule has 1 saturated heterocycles. The summed E-state index contributed by atoms with van der Waals surface area (Å²) in [6.07, 6.45) is 3.13. The van der Waals surface area contributed by atoms with Gasteiger partial charge in [0.1, 0.15) is 0 Å². The van der Waals surface area contributed by atoms with Crippen molar-refractivity contribution in [1.29, 1.82) is 0 Å². The molecule has 1 aromatic heterocycles. The van der Waals surface area contributed by atoms with E-state index >= 15 is 0 Å². The van der Waals surface area contributed by atoms with E-state index in [0.717, 1.165) is 71.3 Å². The van der Waals surface area contributed by atoms with Crippen LogP contribution in [-0.2, 0) is 15.9 Å². The second-order valence-corrected chi connectivity index (χ2v) is 6.71. The molecule has 1 aromatic rings. The van der Waals surface area contributed by atoms with E-state index in [9.17, 15) is 0 Å². The van der Waals surface area contributed by atoms with Crippen molar-refractivity contribution in [3.8, 4) is 0 Å². The van der Waals surface area contributed by atoms with Gasteiger partial charge in [-0.15, -0.1) is 11.3 Å². The van der Waals surface area contributed by atoms with E-state index in [4.69, 9.17) is 9.47 Å². The molecule has 6 heteroatoms. The van der Waals surface area contributed by atoms with E-state index in [1.807, 2.05) is 0 Å². The van der Waals surface area contributed by atoms with Crippen LogP contribution in [0, 0.1) is 5.92 Å². The molecule has 23 heavy (non-hydrogen) atoms. The first-order valence-electron chi connectivity index (χ1n) is 8.58. The van der Waals surface area contributed by atoms with Crippen LogP contribution in [0.15, 0.2) is 22.5 Å². The Hall–Kier alpha value is -1.11. The van der Waals surface area contributed by atoms with Gasteiger partial charge in [-0.05, 0) is 37.6 Å². The summed E-state index contributed by atoms with van der Waals surface area (Å²) in [5.74, 6) is 1.49. The van der Waals surface area contributed by atoms with Crippen molar-refractivity contribution in [2.75, 3.05) is 46.1 Å². The molecule has 0 saturated carbocycles. The predicted molar refractivity (Wildman–Crippen MR) is 96.4 cm³/mol. The number of thiophene rings is 1. The number of nitrogens with zero attached hydrogens (tertiary/aromatic N) is 1. The third-order valence-corrected chi connectivity index (χ3v) is 4.62. The third kappa shape index (κ3) is 7.81. The summed E-state index contributed by atoms with van der Waals surface area (Å²) in [5.41, 5.74) is 0. The Morgan fingerprint density at radius 1 is 1.48 bits per heavy atom. The molecular formula is C17H29N3O2S. The van der Waals surface area contributed by atoms with Crippen LogP contribution >= 0.6 is 11.3 Å². The molecule has 0 aromatic carbocycles. The zero-order valence-electron chi connectivity index (χ0n) is 14.1. The summed E-state index contributed by atoms with van der Waals surface area (Å²) < 4.78 is 11.0. The number of hydrogen-bond donors (Lipinski definition) is 2. The van der Waals surface area contributed by atoms with Crippen LogP contribution in [0.25, 0.3) is 0 Å². The molecule has 5 nitrogen and oxygen atoms in total. The molecule has 1 fully saturated rings. The summed E-state index contributed by atoms with van der Waals surface area (Å²) in [6, 6.07) is 4.26. The van der Waals surface area contributed by atoms with Gasteiger partial charge in [-0.3, -0.25) is 4.99 Å². The maximum absolute atomic E-state index is 5.70. The Morgan fingerprint density at radius 2 is 2.43 bits per heavy atom. The largest absolute Gasteiger partial charge is 0.381 e. The first-order chi connectivity index (χ1) is 11.4. The molecule has 0 bridgehead atoms. The van der Waals surface area contributed by atoms with Gasteiger partial charge in [-0.25, -0.2) is 0 Å². The van der Waals surface area contributed by atoms with Crippen LogP contribution in [0.4, 0.5) is 0 Å². The van der Waals surface area contributed by atoms with Crippen molar-refractivity contribution in [1.82, 2.24) is 10.6 Å². The molecule has 1 atom stereocenters. The fourth-order valence-corrected chi connectivity index (χ4v) is 3.13. The van der Waals surface area contributed by atoms with Crippen LogP contribution in [0.1, 0.15) is 24.6 Å². The highest BCUT2D eigenvalue weighted by Crippen LogP contribution is 2.12.